The number of aromatic nitrogens is 3. The zero-order valence-electron chi connectivity index (χ0n) is 38.1. The molecule has 15 heteroatoms. The van der Waals surface area contributed by atoms with E-state index in [1.165, 1.54) is 4.90 Å². The third-order valence-electron chi connectivity index (χ3n) is 13.0. The van der Waals surface area contributed by atoms with Gasteiger partial charge in [0.25, 0.3) is 5.91 Å². The lowest BCUT2D eigenvalue weighted by Gasteiger charge is -2.38. The summed E-state index contributed by atoms with van der Waals surface area (Å²) in [5.74, 6) is 2.33. The Bertz CT molecular complexity index is 3070. The van der Waals surface area contributed by atoms with E-state index in [9.17, 15) is 19.5 Å². The van der Waals surface area contributed by atoms with E-state index >= 15 is 0 Å². The molecule has 0 saturated heterocycles. The number of hydrogen-bond donors (Lipinski definition) is 1. The number of rotatable bonds is 12. The van der Waals surface area contributed by atoms with Gasteiger partial charge in [-0.25, -0.2) is 9.97 Å². The van der Waals surface area contributed by atoms with Crippen LogP contribution in [-0.4, -0.2) is 124 Å². The van der Waals surface area contributed by atoms with Crippen LogP contribution in [0.25, 0.3) is 38.9 Å². The molecule has 15 nitrogen and oxygen atoms in total. The first kappa shape index (κ1) is 43.7. The van der Waals surface area contributed by atoms with Gasteiger partial charge in [-0.1, -0.05) is 29.8 Å². The molecule has 3 aromatic carbocycles. The van der Waals surface area contributed by atoms with Crippen molar-refractivity contribution < 1.29 is 37.8 Å². The van der Waals surface area contributed by atoms with Crippen molar-refractivity contribution >= 4 is 56.6 Å². The number of fused-ring (bicyclic) bond motifs is 4. The van der Waals surface area contributed by atoms with Crippen LogP contribution < -0.4 is 9.47 Å². The summed E-state index contributed by atoms with van der Waals surface area (Å²) in [7, 11) is 6.96. The summed E-state index contributed by atoms with van der Waals surface area (Å²) in [5, 5.41) is 12.4. The molecule has 7 heterocycles. The highest BCUT2D eigenvalue weighted by Gasteiger charge is 2.33. The fourth-order valence-corrected chi connectivity index (χ4v) is 9.37. The fourth-order valence-electron chi connectivity index (χ4n) is 9.37. The second kappa shape index (κ2) is 18.2. The van der Waals surface area contributed by atoms with Gasteiger partial charge in [0.05, 0.1) is 5.69 Å². The largest absolute Gasteiger partial charge is 0.486 e. The molecule has 0 radical (unpaired) electrons. The lowest BCUT2D eigenvalue weighted by molar-refractivity contribution is -0.131. The summed E-state index contributed by atoms with van der Waals surface area (Å²) >= 11 is 0. The van der Waals surface area contributed by atoms with Crippen molar-refractivity contribution in [2.45, 2.75) is 38.3 Å². The van der Waals surface area contributed by atoms with Gasteiger partial charge in [-0.05, 0) is 109 Å². The molecule has 0 fully saturated rings. The number of carbonyl (C=O) groups is 3. The Morgan fingerprint density at radius 3 is 2.37 bits per heavy atom. The summed E-state index contributed by atoms with van der Waals surface area (Å²) in [4.78, 5) is 57.6. The van der Waals surface area contributed by atoms with E-state index in [0.717, 1.165) is 49.9 Å². The van der Waals surface area contributed by atoms with Gasteiger partial charge < -0.3 is 38.1 Å². The minimum absolute atomic E-state index is 0.0211. The van der Waals surface area contributed by atoms with E-state index in [1.54, 1.807) is 45.4 Å². The van der Waals surface area contributed by atoms with Crippen molar-refractivity contribution in [2.75, 3.05) is 67.6 Å². The number of aliphatic hydroxyl groups excluding tert-OH is 1. The smallest absolute Gasteiger partial charge is 0.289 e. The van der Waals surface area contributed by atoms with E-state index in [-0.39, 0.29) is 35.8 Å². The van der Waals surface area contributed by atoms with Crippen LogP contribution in [0.3, 0.4) is 0 Å². The summed E-state index contributed by atoms with van der Waals surface area (Å²) in [6.07, 6.45) is 9.08. The molecule has 0 spiro atoms. The van der Waals surface area contributed by atoms with E-state index in [1.807, 2.05) is 87.3 Å². The van der Waals surface area contributed by atoms with Crippen molar-refractivity contribution in [3.05, 3.63) is 137 Å². The van der Waals surface area contributed by atoms with Crippen molar-refractivity contribution in [1.29, 1.82) is 0 Å². The van der Waals surface area contributed by atoms with Gasteiger partial charge in [-0.2, -0.15) is 0 Å². The average molecular weight is 904 g/mol. The van der Waals surface area contributed by atoms with Gasteiger partial charge in [-0.15, -0.1) is 0 Å². The lowest BCUT2D eigenvalue weighted by atomic mass is 9.81. The number of amides is 3. The van der Waals surface area contributed by atoms with Gasteiger partial charge in [0.1, 0.15) is 30.1 Å². The Morgan fingerprint density at radius 2 is 1.57 bits per heavy atom. The van der Waals surface area contributed by atoms with Gasteiger partial charge in [0.2, 0.25) is 17.6 Å². The molecule has 67 heavy (non-hydrogen) atoms. The Balaban J connectivity index is 1.00. The first-order chi connectivity index (χ1) is 32.4. The van der Waals surface area contributed by atoms with E-state index in [0.29, 0.717) is 99.3 Å². The van der Waals surface area contributed by atoms with E-state index < -0.39 is 6.23 Å². The Morgan fingerprint density at radius 1 is 0.821 bits per heavy atom. The Kier molecular flexibility index (Phi) is 11.9. The second-order valence-corrected chi connectivity index (χ2v) is 18.0. The van der Waals surface area contributed by atoms with Crippen molar-refractivity contribution in [2.24, 2.45) is 5.92 Å². The number of benzene rings is 3. The van der Waals surface area contributed by atoms with Gasteiger partial charge in [-0.3, -0.25) is 23.7 Å². The molecule has 4 aromatic heterocycles. The molecule has 0 aliphatic carbocycles. The first-order valence-electron chi connectivity index (χ1n) is 22.7. The van der Waals surface area contributed by atoms with Crippen LogP contribution in [-0.2, 0) is 22.4 Å². The lowest BCUT2D eigenvalue weighted by Crippen LogP contribution is -2.42. The number of imidazole rings is 1. The first-order valence-corrected chi connectivity index (χ1v) is 22.7. The minimum atomic E-state index is -0.899. The summed E-state index contributed by atoms with van der Waals surface area (Å²) in [6.45, 7) is 2.73. The molecule has 3 amide bonds. The highest BCUT2D eigenvalue weighted by atomic mass is 16.6. The molecule has 0 saturated carbocycles. The summed E-state index contributed by atoms with van der Waals surface area (Å²) < 4.78 is 25.5. The number of nitrogens with zero attached hydrogens (tertiary/aromatic N) is 7. The van der Waals surface area contributed by atoms with Gasteiger partial charge >= 0.3 is 0 Å². The molecule has 3 aliphatic rings. The zero-order valence-corrected chi connectivity index (χ0v) is 38.1. The fraction of sp³-hybridized carbons (Fsp3) is 0.327. The number of aliphatic hydroxyl groups is 1. The molecule has 2 unspecified atom stereocenters. The maximum Gasteiger partial charge on any atom is 0.289 e. The summed E-state index contributed by atoms with van der Waals surface area (Å²) in [6, 6.07) is 23.3. The predicted octanol–water partition coefficient (Wildman–Crippen LogP) is 7.04. The molecule has 3 aliphatic heterocycles. The van der Waals surface area contributed by atoms with Crippen molar-refractivity contribution in [1.82, 2.24) is 34.0 Å². The van der Waals surface area contributed by atoms with Crippen LogP contribution >= 0.6 is 0 Å². The van der Waals surface area contributed by atoms with Crippen LogP contribution in [0.15, 0.2) is 112 Å². The second-order valence-electron chi connectivity index (χ2n) is 18.0. The maximum absolute atomic E-state index is 14.5. The monoisotopic (exact) mass is 903 g/mol. The van der Waals surface area contributed by atoms with Crippen molar-refractivity contribution in [3.8, 4) is 11.5 Å². The van der Waals surface area contributed by atoms with Crippen molar-refractivity contribution in [3.63, 3.8) is 0 Å². The van der Waals surface area contributed by atoms with Crippen LogP contribution in [0.2, 0.25) is 0 Å². The molecular formula is C52H53N7O8. The quantitative estimate of drug-likeness (QED) is 0.125. The molecule has 2 atom stereocenters. The molecule has 0 bridgehead atoms. The highest BCUT2D eigenvalue weighted by Crippen LogP contribution is 2.39. The average Bonchev–Trinajstić information content (AvgIpc) is 4.10. The molecule has 344 valence electrons. The summed E-state index contributed by atoms with van der Waals surface area (Å²) in [5.41, 5.74) is 8.04. The zero-order chi connectivity index (χ0) is 46.3. The van der Waals surface area contributed by atoms with Gasteiger partial charge in [0.15, 0.2) is 23.5 Å². The number of hydrogen-bond acceptors (Lipinski definition) is 11. The van der Waals surface area contributed by atoms with Gasteiger partial charge in [0, 0.05) is 94.8 Å². The molecule has 10 rings (SSSR count). The van der Waals surface area contributed by atoms with E-state index in [4.69, 9.17) is 18.3 Å². The standard InChI is InChI=1S/C52H53N7O8/c1-55(2)50(62)46-26-35-23-33(8-12-42(35)66-46)37-25-38(29-59(28-37)49(61)14-7-32-6-11-44-45(22-32)65-21-20-64-44)40-16-19-57(48(60)15-10-39-30-58-18-5-17-53-52(58)54-39)31-41(40)34-9-13-43-36(24-34)27-47(67-43)51(63)56(3)4/h5-6,8-9,11-13,17-18,22-27,30,38,50,62H,7,10,14-16,19-21,28-29,31H2,1-4H3. The predicted molar refractivity (Wildman–Crippen MR) is 252 cm³/mol. The molecular weight excluding hydrogens is 851 g/mol. The number of aryl methyl sites for hydroxylation is 2. The molecule has 1 N–H and O–H groups in total. The van der Waals surface area contributed by atoms with Crippen LogP contribution in [0.4, 0.5) is 0 Å². The normalized spacial score (nSPS) is 16.9. The Hall–Kier alpha value is -7.23. The van der Waals surface area contributed by atoms with Crippen LogP contribution in [0.1, 0.15) is 64.2 Å². The highest BCUT2D eigenvalue weighted by molar-refractivity contribution is 5.97. The SMILES string of the molecule is CN(C)C(=O)c1cc2cc(C3=C(C4C=C(c5ccc6oc(C(O)N(C)C)cc6c5)CN(C(=O)CCc5ccc6c(c5)OCCO6)C4)CCN(C(=O)CCc4cn5cccnc5n4)C3)ccc2o1. The third kappa shape index (κ3) is 9.04. The third-order valence-corrected chi connectivity index (χ3v) is 13.0. The minimum Gasteiger partial charge on any atom is -0.486 e. The van der Waals surface area contributed by atoms with E-state index in [2.05, 4.69) is 22.1 Å². The maximum atomic E-state index is 14.5. The van der Waals surface area contributed by atoms with Crippen LogP contribution in [0.5, 0.6) is 11.5 Å². The number of furan rings is 2. The number of carbonyl (C=O) groups excluding carboxylic acids is 3. The van der Waals surface area contributed by atoms with Crippen LogP contribution in [0, 0.1) is 5.92 Å². The number of ether oxygens (including phenoxy) is 2. The topological polar surface area (TPSA) is 159 Å². The molecule has 7 aromatic rings. The Labute approximate surface area is 387 Å².